The predicted octanol–water partition coefficient (Wildman–Crippen LogP) is 8.55. The van der Waals surface area contributed by atoms with E-state index in [1.54, 1.807) is 0 Å². The molecule has 6 rings (SSSR count). The van der Waals surface area contributed by atoms with Gasteiger partial charge in [0, 0.05) is 27.6 Å². The first-order chi connectivity index (χ1) is 16.3. The summed E-state index contributed by atoms with van der Waals surface area (Å²) in [6.45, 7) is 0. The van der Waals surface area contributed by atoms with Gasteiger partial charge in [-0.25, -0.2) is 0 Å². The van der Waals surface area contributed by atoms with Crippen LogP contribution in [0.5, 0.6) is 0 Å². The maximum Gasteiger partial charge on any atom is 0.0970 e. The number of hydrogen-bond donors (Lipinski definition) is 0. The SMILES string of the molecule is Brc1ccc(-c2ccnc3c2ccc2c(-c4ccc(-c5ccccc5)cc4)ccnc23)cc1. The van der Waals surface area contributed by atoms with E-state index >= 15 is 0 Å². The van der Waals surface area contributed by atoms with E-state index in [2.05, 4.69) is 113 Å². The van der Waals surface area contributed by atoms with Crippen LogP contribution in [-0.4, -0.2) is 9.97 Å². The molecule has 0 radical (unpaired) electrons. The average Bonchev–Trinajstić information content (AvgIpc) is 2.89. The Balaban J connectivity index is 1.49. The van der Waals surface area contributed by atoms with Gasteiger partial charge in [-0.1, -0.05) is 94.8 Å². The minimum absolute atomic E-state index is 0.927. The first kappa shape index (κ1) is 19.8. The van der Waals surface area contributed by atoms with Crippen molar-refractivity contribution in [3.63, 3.8) is 0 Å². The lowest BCUT2D eigenvalue weighted by Gasteiger charge is -2.12. The van der Waals surface area contributed by atoms with E-state index in [0.717, 1.165) is 43.0 Å². The molecule has 156 valence electrons. The van der Waals surface area contributed by atoms with Crippen molar-refractivity contribution in [1.29, 1.82) is 0 Å². The first-order valence-corrected chi connectivity index (χ1v) is 11.7. The summed E-state index contributed by atoms with van der Waals surface area (Å²) in [6, 6.07) is 36.1. The van der Waals surface area contributed by atoms with Crippen molar-refractivity contribution in [2.24, 2.45) is 0 Å². The lowest BCUT2D eigenvalue weighted by atomic mass is 9.95. The van der Waals surface area contributed by atoms with Crippen LogP contribution in [0.3, 0.4) is 0 Å². The van der Waals surface area contributed by atoms with E-state index in [9.17, 15) is 0 Å². The molecule has 0 bridgehead atoms. The molecule has 0 saturated carbocycles. The standard InChI is InChI=1S/C30H19BrN2/c31-24-12-10-23(11-13-24)26-17-19-33-30-28(26)15-14-27-25(16-18-32-29(27)30)22-8-6-21(7-9-22)20-4-2-1-3-5-20/h1-19H. The molecule has 0 amide bonds. The molecule has 0 spiro atoms. The van der Waals surface area contributed by atoms with E-state index in [1.807, 2.05) is 18.5 Å². The third-order valence-corrected chi connectivity index (χ3v) is 6.61. The van der Waals surface area contributed by atoms with Gasteiger partial charge in [-0.05, 0) is 57.6 Å². The monoisotopic (exact) mass is 486 g/mol. The fourth-order valence-electron chi connectivity index (χ4n) is 4.43. The van der Waals surface area contributed by atoms with E-state index in [1.165, 1.54) is 16.7 Å². The molecule has 0 fully saturated rings. The molecule has 4 aromatic carbocycles. The highest BCUT2D eigenvalue weighted by Gasteiger charge is 2.12. The van der Waals surface area contributed by atoms with Gasteiger partial charge in [0.1, 0.15) is 0 Å². The smallest absolute Gasteiger partial charge is 0.0970 e. The Morgan fingerprint density at radius 1 is 0.424 bits per heavy atom. The van der Waals surface area contributed by atoms with Gasteiger partial charge < -0.3 is 0 Å². The number of rotatable bonds is 3. The fraction of sp³-hybridized carbons (Fsp3) is 0. The summed E-state index contributed by atoms with van der Waals surface area (Å²) in [5.41, 5.74) is 8.95. The van der Waals surface area contributed by atoms with Crippen molar-refractivity contribution in [2.75, 3.05) is 0 Å². The van der Waals surface area contributed by atoms with Crippen molar-refractivity contribution >= 4 is 37.7 Å². The van der Waals surface area contributed by atoms with Gasteiger partial charge in [-0.3, -0.25) is 9.97 Å². The van der Waals surface area contributed by atoms with Crippen LogP contribution in [0.1, 0.15) is 0 Å². The highest BCUT2D eigenvalue weighted by atomic mass is 79.9. The summed E-state index contributed by atoms with van der Waals surface area (Å²) < 4.78 is 1.07. The van der Waals surface area contributed by atoms with Gasteiger partial charge in [0.25, 0.3) is 0 Å². The summed E-state index contributed by atoms with van der Waals surface area (Å²) in [4.78, 5) is 9.47. The minimum atomic E-state index is 0.927. The zero-order valence-corrected chi connectivity index (χ0v) is 19.3. The average molecular weight is 487 g/mol. The Labute approximate surface area is 200 Å². The first-order valence-electron chi connectivity index (χ1n) is 10.9. The van der Waals surface area contributed by atoms with Crippen LogP contribution in [0, 0.1) is 0 Å². The minimum Gasteiger partial charge on any atom is -0.254 e. The second-order valence-corrected chi connectivity index (χ2v) is 8.94. The molecule has 2 aromatic heterocycles. The Morgan fingerprint density at radius 3 is 1.42 bits per heavy atom. The van der Waals surface area contributed by atoms with Crippen LogP contribution in [0.15, 0.2) is 120 Å². The van der Waals surface area contributed by atoms with Crippen molar-refractivity contribution in [3.05, 3.63) is 120 Å². The molecule has 0 aliphatic rings. The maximum atomic E-state index is 4.74. The Hall–Kier alpha value is -3.82. The number of nitrogens with zero attached hydrogens (tertiary/aromatic N) is 2. The van der Waals surface area contributed by atoms with Gasteiger partial charge in [0.05, 0.1) is 11.0 Å². The van der Waals surface area contributed by atoms with Crippen LogP contribution in [0.2, 0.25) is 0 Å². The number of halogens is 1. The maximum absolute atomic E-state index is 4.74. The van der Waals surface area contributed by atoms with Gasteiger partial charge in [-0.2, -0.15) is 0 Å². The number of pyridine rings is 2. The highest BCUT2D eigenvalue weighted by molar-refractivity contribution is 9.10. The normalized spacial score (nSPS) is 11.2. The van der Waals surface area contributed by atoms with Crippen molar-refractivity contribution in [2.45, 2.75) is 0 Å². The zero-order chi connectivity index (χ0) is 22.2. The largest absolute Gasteiger partial charge is 0.254 e. The Morgan fingerprint density at radius 2 is 0.879 bits per heavy atom. The fourth-order valence-corrected chi connectivity index (χ4v) is 4.70. The molecule has 6 aromatic rings. The second kappa shape index (κ2) is 8.27. The van der Waals surface area contributed by atoms with Crippen molar-refractivity contribution < 1.29 is 0 Å². The predicted molar refractivity (Wildman–Crippen MR) is 141 cm³/mol. The summed E-state index contributed by atoms with van der Waals surface area (Å²) in [7, 11) is 0. The van der Waals surface area contributed by atoms with E-state index in [0.29, 0.717) is 0 Å². The van der Waals surface area contributed by atoms with E-state index in [4.69, 9.17) is 9.97 Å². The summed E-state index contributed by atoms with van der Waals surface area (Å²) in [6.07, 6.45) is 3.76. The molecule has 0 atom stereocenters. The van der Waals surface area contributed by atoms with E-state index < -0.39 is 0 Å². The molecule has 3 heteroatoms. The van der Waals surface area contributed by atoms with Gasteiger partial charge in [0.15, 0.2) is 0 Å². The van der Waals surface area contributed by atoms with Crippen LogP contribution in [0.25, 0.3) is 55.2 Å². The summed E-state index contributed by atoms with van der Waals surface area (Å²) >= 11 is 3.53. The molecule has 33 heavy (non-hydrogen) atoms. The van der Waals surface area contributed by atoms with Gasteiger partial charge in [-0.15, -0.1) is 0 Å². The Kier molecular flexibility index (Phi) is 4.97. The third kappa shape index (κ3) is 3.61. The highest BCUT2D eigenvalue weighted by Crippen LogP contribution is 2.35. The number of hydrogen-bond acceptors (Lipinski definition) is 2. The Bertz CT molecular complexity index is 1590. The molecule has 0 unspecified atom stereocenters. The quantitative estimate of drug-likeness (QED) is 0.234. The van der Waals surface area contributed by atoms with Crippen LogP contribution >= 0.6 is 15.9 Å². The molecule has 0 aliphatic heterocycles. The summed E-state index contributed by atoms with van der Waals surface area (Å²) in [5.74, 6) is 0. The zero-order valence-electron chi connectivity index (χ0n) is 17.7. The summed E-state index contributed by atoms with van der Waals surface area (Å²) in [5, 5.41) is 2.22. The van der Waals surface area contributed by atoms with Crippen molar-refractivity contribution in [3.8, 4) is 33.4 Å². The lowest BCUT2D eigenvalue weighted by molar-refractivity contribution is 1.37. The number of benzene rings is 4. The molecular formula is C30H19BrN2. The molecule has 2 heterocycles. The molecule has 0 aliphatic carbocycles. The topological polar surface area (TPSA) is 25.8 Å². The van der Waals surface area contributed by atoms with E-state index in [-0.39, 0.29) is 0 Å². The van der Waals surface area contributed by atoms with Gasteiger partial charge >= 0.3 is 0 Å². The molecule has 0 N–H and O–H groups in total. The number of aromatic nitrogens is 2. The third-order valence-electron chi connectivity index (χ3n) is 6.08. The van der Waals surface area contributed by atoms with Crippen molar-refractivity contribution in [1.82, 2.24) is 9.97 Å². The second-order valence-electron chi connectivity index (χ2n) is 8.03. The lowest BCUT2D eigenvalue weighted by Crippen LogP contribution is -1.90. The molecule has 2 nitrogen and oxygen atoms in total. The molecular weight excluding hydrogens is 468 g/mol. The number of fused-ring (bicyclic) bond motifs is 3. The van der Waals surface area contributed by atoms with Crippen LogP contribution < -0.4 is 0 Å². The van der Waals surface area contributed by atoms with Gasteiger partial charge in [0.2, 0.25) is 0 Å². The molecule has 0 saturated heterocycles. The van der Waals surface area contributed by atoms with Crippen LogP contribution in [-0.2, 0) is 0 Å². The van der Waals surface area contributed by atoms with Crippen LogP contribution in [0.4, 0.5) is 0 Å².